The SMILES string of the molecule is CC(C)(C)OC(=O)N1CCN(C[C@H]2CN(c3ccccc3)C(=O)O2)CC1. The summed E-state index contributed by atoms with van der Waals surface area (Å²) in [6.45, 7) is 9.58. The Morgan fingerprint density at radius 3 is 2.42 bits per heavy atom. The van der Waals surface area contributed by atoms with Crippen LogP contribution in [0.3, 0.4) is 0 Å². The van der Waals surface area contributed by atoms with Gasteiger partial charge in [0.2, 0.25) is 0 Å². The molecule has 0 bridgehead atoms. The number of rotatable bonds is 3. The molecule has 1 aromatic carbocycles. The lowest BCUT2D eigenvalue weighted by Crippen LogP contribution is -2.51. The van der Waals surface area contributed by atoms with Crippen LogP contribution in [-0.4, -0.2) is 73.0 Å². The van der Waals surface area contributed by atoms with Gasteiger partial charge in [-0.3, -0.25) is 9.80 Å². The van der Waals surface area contributed by atoms with Crippen molar-refractivity contribution in [1.29, 1.82) is 0 Å². The summed E-state index contributed by atoms with van der Waals surface area (Å²) in [4.78, 5) is 29.9. The van der Waals surface area contributed by atoms with Crippen molar-refractivity contribution in [3.63, 3.8) is 0 Å². The molecule has 0 aromatic heterocycles. The molecule has 2 amide bonds. The molecule has 2 fully saturated rings. The molecular formula is C19H27N3O4. The van der Waals surface area contributed by atoms with Crippen molar-refractivity contribution in [1.82, 2.24) is 9.80 Å². The molecule has 2 heterocycles. The molecule has 0 aliphatic carbocycles. The highest BCUT2D eigenvalue weighted by molar-refractivity contribution is 5.89. The van der Waals surface area contributed by atoms with Gasteiger partial charge in [0.05, 0.1) is 6.54 Å². The average Bonchev–Trinajstić information content (AvgIpc) is 2.95. The van der Waals surface area contributed by atoms with Crippen LogP contribution in [0.5, 0.6) is 0 Å². The second-order valence-electron chi connectivity index (χ2n) is 7.72. The molecule has 26 heavy (non-hydrogen) atoms. The fourth-order valence-electron chi connectivity index (χ4n) is 3.16. The Balaban J connectivity index is 1.47. The fraction of sp³-hybridized carbons (Fsp3) is 0.579. The molecule has 0 unspecified atom stereocenters. The molecule has 1 atom stereocenters. The number of carbonyl (C=O) groups excluding carboxylic acids is 2. The van der Waals surface area contributed by atoms with Gasteiger partial charge in [-0.05, 0) is 32.9 Å². The van der Waals surface area contributed by atoms with Crippen LogP contribution in [0.1, 0.15) is 20.8 Å². The number of carbonyl (C=O) groups is 2. The van der Waals surface area contributed by atoms with Crippen LogP contribution in [0.15, 0.2) is 30.3 Å². The third-order valence-electron chi connectivity index (χ3n) is 4.43. The number of piperazine rings is 1. The normalized spacial score (nSPS) is 21.7. The first-order valence-electron chi connectivity index (χ1n) is 9.05. The summed E-state index contributed by atoms with van der Waals surface area (Å²) in [5, 5.41) is 0. The van der Waals surface area contributed by atoms with E-state index in [1.165, 1.54) is 0 Å². The van der Waals surface area contributed by atoms with Crippen molar-refractivity contribution in [2.45, 2.75) is 32.5 Å². The van der Waals surface area contributed by atoms with Crippen molar-refractivity contribution in [3.05, 3.63) is 30.3 Å². The van der Waals surface area contributed by atoms with E-state index < -0.39 is 5.60 Å². The number of nitrogens with zero attached hydrogens (tertiary/aromatic N) is 3. The number of amides is 2. The summed E-state index contributed by atoms with van der Waals surface area (Å²) in [6, 6.07) is 9.55. The minimum Gasteiger partial charge on any atom is -0.444 e. The van der Waals surface area contributed by atoms with E-state index in [4.69, 9.17) is 9.47 Å². The second kappa shape index (κ2) is 7.53. The number of hydrogen-bond acceptors (Lipinski definition) is 5. The molecule has 142 valence electrons. The molecule has 0 saturated carbocycles. The largest absolute Gasteiger partial charge is 0.444 e. The van der Waals surface area contributed by atoms with Gasteiger partial charge >= 0.3 is 12.2 Å². The molecule has 0 N–H and O–H groups in total. The quantitative estimate of drug-likeness (QED) is 0.828. The van der Waals surface area contributed by atoms with Crippen LogP contribution in [-0.2, 0) is 9.47 Å². The lowest BCUT2D eigenvalue weighted by molar-refractivity contribution is 0.0113. The maximum atomic E-state index is 12.1. The summed E-state index contributed by atoms with van der Waals surface area (Å²) in [6.07, 6.45) is -0.718. The van der Waals surface area contributed by atoms with Gasteiger partial charge in [-0.25, -0.2) is 9.59 Å². The lowest BCUT2D eigenvalue weighted by atomic mass is 10.2. The Kier molecular flexibility index (Phi) is 5.36. The Labute approximate surface area is 154 Å². The van der Waals surface area contributed by atoms with Crippen molar-refractivity contribution < 1.29 is 19.1 Å². The predicted molar refractivity (Wildman–Crippen MR) is 98.3 cm³/mol. The maximum Gasteiger partial charge on any atom is 0.414 e. The van der Waals surface area contributed by atoms with E-state index in [1.807, 2.05) is 51.1 Å². The summed E-state index contributed by atoms with van der Waals surface area (Å²) in [5.41, 5.74) is 0.377. The van der Waals surface area contributed by atoms with E-state index in [0.717, 1.165) is 18.8 Å². The molecule has 2 saturated heterocycles. The van der Waals surface area contributed by atoms with Gasteiger partial charge in [-0.15, -0.1) is 0 Å². The third-order valence-corrected chi connectivity index (χ3v) is 4.43. The monoisotopic (exact) mass is 361 g/mol. The van der Waals surface area contributed by atoms with Crippen molar-refractivity contribution in [3.8, 4) is 0 Å². The highest BCUT2D eigenvalue weighted by atomic mass is 16.6. The minimum absolute atomic E-state index is 0.157. The van der Waals surface area contributed by atoms with E-state index in [-0.39, 0.29) is 18.3 Å². The predicted octanol–water partition coefficient (Wildman–Crippen LogP) is 2.56. The van der Waals surface area contributed by atoms with E-state index in [9.17, 15) is 9.59 Å². The number of ether oxygens (including phenoxy) is 2. The number of hydrogen-bond donors (Lipinski definition) is 0. The molecule has 0 spiro atoms. The Hall–Kier alpha value is -2.28. The zero-order valence-electron chi connectivity index (χ0n) is 15.7. The highest BCUT2D eigenvalue weighted by Crippen LogP contribution is 2.22. The van der Waals surface area contributed by atoms with E-state index in [2.05, 4.69) is 4.90 Å². The molecule has 2 aliphatic heterocycles. The first-order chi connectivity index (χ1) is 12.3. The van der Waals surface area contributed by atoms with Crippen LogP contribution in [0.25, 0.3) is 0 Å². The lowest BCUT2D eigenvalue weighted by Gasteiger charge is -2.36. The fourth-order valence-corrected chi connectivity index (χ4v) is 3.16. The molecular weight excluding hydrogens is 334 g/mol. The van der Waals surface area contributed by atoms with Gasteiger partial charge in [-0.1, -0.05) is 18.2 Å². The molecule has 0 radical (unpaired) electrons. The van der Waals surface area contributed by atoms with Crippen molar-refractivity contribution >= 4 is 17.9 Å². The summed E-state index contributed by atoms with van der Waals surface area (Å²) >= 11 is 0. The van der Waals surface area contributed by atoms with Gasteiger partial charge in [0, 0.05) is 38.4 Å². The summed E-state index contributed by atoms with van der Waals surface area (Å²) < 4.78 is 10.9. The smallest absolute Gasteiger partial charge is 0.414 e. The second-order valence-corrected chi connectivity index (χ2v) is 7.72. The molecule has 7 nitrogen and oxygen atoms in total. The van der Waals surface area contributed by atoms with Crippen LogP contribution in [0, 0.1) is 0 Å². The summed E-state index contributed by atoms with van der Waals surface area (Å²) in [7, 11) is 0. The highest BCUT2D eigenvalue weighted by Gasteiger charge is 2.34. The van der Waals surface area contributed by atoms with E-state index in [1.54, 1.807) is 9.80 Å². The van der Waals surface area contributed by atoms with Gasteiger partial charge in [0.15, 0.2) is 0 Å². The van der Waals surface area contributed by atoms with Crippen molar-refractivity contribution in [2.75, 3.05) is 44.2 Å². The first-order valence-corrected chi connectivity index (χ1v) is 9.05. The van der Waals surface area contributed by atoms with Gasteiger partial charge in [0.25, 0.3) is 0 Å². The molecule has 3 rings (SSSR count). The van der Waals surface area contributed by atoms with Gasteiger partial charge < -0.3 is 14.4 Å². The Morgan fingerprint density at radius 2 is 1.81 bits per heavy atom. The number of benzene rings is 1. The van der Waals surface area contributed by atoms with E-state index in [0.29, 0.717) is 26.2 Å². The van der Waals surface area contributed by atoms with Crippen molar-refractivity contribution in [2.24, 2.45) is 0 Å². The standard InChI is InChI=1S/C19H27N3O4/c1-19(2,3)26-17(23)21-11-9-20(10-12-21)13-16-14-22(18(24)25-16)15-7-5-4-6-8-15/h4-8,16H,9-14H2,1-3H3/t16-/m0/s1. The average molecular weight is 361 g/mol. The van der Waals surface area contributed by atoms with E-state index >= 15 is 0 Å². The zero-order chi connectivity index (χ0) is 18.7. The van der Waals surface area contributed by atoms with Gasteiger partial charge in [-0.2, -0.15) is 0 Å². The van der Waals surface area contributed by atoms with Crippen LogP contribution < -0.4 is 4.90 Å². The third kappa shape index (κ3) is 4.66. The first kappa shape index (κ1) is 18.5. The number of para-hydroxylation sites is 1. The summed E-state index contributed by atoms with van der Waals surface area (Å²) in [5.74, 6) is 0. The molecule has 7 heteroatoms. The van der Waals surface area contributed by atoms with Gasteiger partial charge in [0.1, 0.15) is 11.7 Å². The number of cyclic esters (lactones) is 1. The van der Waals surface area contributed by atoms with Crippen LogP contribution >= 0.6 is 0 Å². The maximum absolute atomic E-state index is 12.1. The van der Waals surface area contributed by atoms with Crippen LogP contribution in [0.4, 0.5) is 15.3 Å². The zero-order valence-corrected chi connectivity index (χ0v) is 15.7. The Morgan fingerprint density at radius 1 is 1.15 bits per heavy atom. The topological polar surface area (TPSA) is 62.3 Å². The van der Waals surface area contributed by atoms with Crippen LogP contribution in [0.2, 0.25) is 0 Å². The molecule has 1 aromatic rings. The number of anilines is 1. The Bertz CT molecular complexity index is 636. The molecule has 2 aliphatic rings. The minimum atomic E-state index is -0.479.